The fraction of sp³-hybridized carbons (Fsp3) is 0.167. The molecule has 0 spiro atoms. The number of hydrogen-bond donors (Lipinski definition) is 0. The van der Waals surface area contributed by atoms with Crippen LogP contribution in [0.1, 0.15) is 21.5 Å². The number of esters is 1. The first-order chi connectivity index (χ1) is 10.2. The summed E-state index contributed by atoms with van der Waals surface area (Å²) in [6.45, 7) is 6.27. The average molecular weight is 282 g/mol. The molecule has 0 N–H and O–H groups in total. The highest BCUT2D eigenvalue weighted by Gasteiger charge is 2.06. The molecular weight excluding hydrogens is 264 g/mol. The number of aryl methyl sites for hydroxylation is 1. The molecule has 0 aliphatic carbocycles. The molecule has 2 aromatic rings. The van der Waals surface area contributed by atoms with E-state index in [4.69, 9.17) is 9.47 Å². The van der Waals surface area contributed by atoms with Crippen molar-refractivity contribution in [1.82, 2.24) is 0 Å². The fourth-order valence-corrected chi connectivity index (χ4v) is 1.76. The summed E-state index contributed by atoms with van der Waals surface area (Å²) in [6.07, 6.45) is 1.54. The van der Waals surface area contributed by atoms with Gasteiger partial charge in [-0.25, -0.2) is 4.79 Å². The molecule has 0 heterocycles. The molecule has 0 saturated heterocycles. The van der Waals surface area contributed by atoms with Gasteiger partial charge in [0.1, 0.15) is 19.0 Å². The topological polar surface area (TPSA) is 35.5 Å². The maximum absolute atomic E-state index is 11.6. The summed E-state index contributed by atoms with van der Waals surface area (Å²) < 4.78 is 10.6. The highest BCUT2D eigenvalue weighted by molar-refractivity contribution is 5.89. The Bertz CT molecular complexity index is 597. The van der Waals surface area contributed by atoms with Gasteiger partial charge in [0.25, 0.3) is 0 Å². The standard InChI is InChI=1S/C18H18O3/c1-3-12-20-18(19)16-8-10-17(11-9-16)21-13-15-6-4-14(2)5-7-15/h3-11H,1,12-13H2,2H3. The van der Waals surface area contributed by atoms with Crippen molar-refractivity contribution in [2.75, 3.05) is 6.61 Å². The summed E-state index contributed by atoms with van der Waals surface area (Å²) >= 11 is 0. The second-order valence-electron chi connectivity index (χ2n) is 4.69. The number of rotatable bonds is 6. The average Bonchev–Trinajstić information content (AvgIpc) is 2.52. The summed E-state index contributed by atoms with van der Waals surface area (Å²) in [5.74, 6) is 0.357. The third-order valence-electron chi connectivity index (χ3n) is 2.95. The molecule has 0 aliphatic rings. The number of hydrogen-bond acceptors (Lipinski definition) is 3. The van der Waals surface area contributed by atoms with Crippen molar-refractivity contribution >= 4 is 5.97 Å². The smallest absolute Gasteiger partial charge is 0.338 e. The minimum atomic E-state index is -0.361. The first kappa shape index (κ1) is 14.9. The van der Waals surface area contributed by atoms with Gasteiger partial charge in [-0.1, -0.05) is 42.5 Å². The van der Waals surface area contributed by atoms with Crippen molar-refractivity contribution in [2.45, 2.75) is 13.5 Å². The lowest BCUT2D eigenvalue weighted by Gasteiger charge is -2.07. The van der Waals surface area contributed by atoms with E-state index in [0.29, 0.717) is 12.2 Å². The van der Waals surface area contributed by atoms with Gasteiger partial charge in [-0.2, -0.15) is 0 Å². The Labute approximate surface area is 124 Å². The van der Waals surface area contributed by atoms with Gasteiger partial charge in [-0.3, -0.25) is 0 Å². The lowest BCUT2D eigenvalue weighted by molar-refractivity contribution is 0.0549. The lowest BCUT2D eigenvalue weighted by Crippen LogP contribution is -2.04. The van der Waals surface area contributed by atoms with E-state index in [1.54, 1.807) is 24.3 Å². The second kappa shape index (κ2) is 7.29. The molecule has 3 nitrogen and oxygen atoms in total. The van der Waals surface area contributed by atoms with Crippen LogP contribution in [0, 0.1) is 6.92 Å². The van der Waals surface area contributed by atoms with Gasteiger partial charge >= 0.3 is 5.97 Å². The van der Waals surface area contributed by atoms with Crippen molar-refractivity contribution in [3.05, 3.63) is 77.9 Å². The molecule has 0 unspecified atom stereocenters. The maximum Gasteiger partial charge on any atom is 0.338 e. The summed E-state index contributed by atoms with van der Waals surface area (Å²) in [4.78, 5) is 11.6. The van der Waals surface area contributed by atoms with Gasteiger partial charge < -0.3 is 9.47 Å². The molecule has 0 bridgehead atoms. The van der Waals surface area contributed by atoms with Crippen molar-refractivity contribution in [1.29, 1.82) is 0 Å². The Balaban J connectivity index is 1.91. The number of ether oxygens (including phenoxy) is 2. The third-order valence-corrected chi connectivity index (χ3v) is 2.95. The van der Waals surface area contributed by atoms with Crippen LogP contribution in [0.25, 0.3) is 0 Å². The molecule has 0 amide bonds. The highest BCUT2D eigenvalue weighted by atomic mass is 16.5. The van der Waals surface area contributed by atoms with E-state index in [1.807, 2.05) is 12.1 Å². The number of carbonyl (C=O) groups excluding carboxylic acids is 1. The zero-order valence-corrected chi connectivity index (χ0v) is 12.0. The Morgan fingerprint density at radius 3 is 2.38 bits per heavy atom. The van der Waals surface area contributed by atoms with E-state index >= 15 is 0 Å². The molecule has 108 valence electrons. The number of benzene rings is 2. The Kier molecular flexibility index (Phi) is 5.16. The van der Waals surface area contributed by atoms with Crippen LogP contribution >= 0.6 is 0 Å². The normalized spacial score (nSPS) is 9.95. The quantitative estimate of drug-likeness (QED) is 0.595. The summed E-state index contributed by atoms with van der Waals surface area (Å²) in [7, 11) is 0. The molecule has 2 rings (SSSR count). The summed E-state index contributed by atoms with van der Waals surface area (Å²) in [5, 5.41) is 0. The minimum absolute atomic E-state index is 0.213. The Hall–Kier alpha value is -2.55. The maximum atomic E-state index is 11.6. The number of carbonyl (C=O) groups is 1. The Morgan fingerprint density at radius 1 is 1.10 bits per heavy atom. The van der Waals surface area contributed by atoms with Gasteiger partial charge in [0, 0.05) is 0 Å². The van der Waals surface area contributed by atoms with E-state index in [9.17, 15) is 4.79 Å². The first-order valence-corrected chi connectivity index (χ1v) is 6.75. The van der Waals surface area contributed by atoms with Crippen molar-refractivity contribution in [3.8, 4) is 5.75 Å². The lowest BCUT2D eigenvalue weighted by atomic mass is 10.2. The van der Waals surface area contributed by atoms with Crippen molar-refractivity contribution < 1.29 is 14.3 Å². The molecular formula is C18H18O3. The molecule has 0 aromatic heterocycles. The van der Waals surface area contributed by atoms with Gasteiger partial charge in [-0.05, 0) is 36.8 Å². The molecule has 0 radical (unpaired) electrons. The molecule has 2 aromatic carbocycles. The predicted octanol–water partition coefficient (Wildman–Crippen LogP) is 3.92. The third kappa shape index (κ3) is 4.49. The Morgan fingerprint density at radius 2 is 1.76 bits per heavy atom. The second-order valence-corrected chi connectivity index (χ2v) is 4.69. The van der Waals surface area contributed by atoms with Crippen LogP contribution in [0.4, 0.5) is 0 Å². The highest BCUT2D eigenvalue weighted by Crippen LogP contribution is 2.15. The monoisotopic (exact) mass is 282 g/mol. The van der Waals surface area contributed by atoms with Gasteiger partial charge in [-0.15, -0.1) is 0 Å². The van der Waals surface area contributed by atoms with Gasteiger partial charge in [0.2, 0.25) is 0 Å². The van der Waals surface area contributed by atoms with E-state index in [1.165, 1.54) is 11.6 Å². The summed E-state index contributed by atoms with van der Waals surface area (Å²) in [5.41, 5.74) is 2.83. The van der Waals surface area contributed by atoms with Crippen LogP contribution in [0.15, 0.2) is 61.2 Å². The van der Waals surface area contributed by atoms with Crippen molar-refractivity contribution in [2.24, 2.45) is 0 Å². The van der Waals surface area contributed by atoms with Crippen LogP contribution in [0.2, 0.25) is 0 Å². The SMILES string of the molecule is C=CCOC(=O)c1ccc(OCc2ccc(C)cc2)cc1. The van der Waals surface area contributed by atoms with E-state index < -0.39 is 0 Å². The molecule has 0 atom stereocenters. The molecule has 0 aliphatic heterocycles. The molecule has 0 saturated carbocycles. The molecule has 21 heavy (non-hydrogen) atoms. The van der Waals surface area contributed by atoms with E-state index in [0.717, 1.165) is 11.3 Å². The van der Waals surface area contributed by atoms with E-state index in [-0.39, 0.29) is 12.6 Å². The largest absolute Gasteiger partial charge is 0.489 e. The summed E-state index contributed by atoms with van der Waals surface area (Å²) in [6, 6.07) is 15.1. The predicted molar refractivity (Wildman–Crippen MR) is 82.4 cm³/mol. The minimum Gasteiger partial charge on any atom is -0.489 e. The van der Waals surface area contributed by atoms with Gasteiger partial charge in [0.15, 0.2) is 0 Å². The fourth-order valence-electron chi connectivity index (χ4n) is 1.76. The van der Waals surface area contributed by atoms with E-state index in [2.05, 4.69) is 25.6 Å². The van der Waals surface area contributed by atoms with Crippen LogP contribution in [-0.2, 0) is 11.3 Å². The van der Waals surface area contributed by atoms with Crippen LogP contribution < -0.4 is 4.74 Å². The van der Waals surface area contributed by atoms with Gasteiger partial charge in [0.05, 0.1) is 5.56 Å². The van der Waals surface area contributed by atoms with Crippen molar-refractivity contribution in [3.63, 3.8) is 0 Å². The van der Waals surface area contributed by atoms with Crippen LogP contribution in [-0.4, -0.2) is 12.6 Å². The zero-order chi connectivity index (χ0) is 15.1. The van der Waals surface area contributed by atoms with Crippen LogP contribution in [0.3, 0.4) is 0 Å². The molecule has 0 fully saturated rings. The zero-order valence-electron chi connectivity index (χ0n) is 12.0. The molecule has 3 heteroatoms. The van der Waals surface area contributed by atoms with Crippen LogP contribution in [0.5, 0.6) is 5.75 Å². The first-order valence-electron chi connectivity index (χ1n) is 6.75.